The summed E-state index contributed by atoms with van der Waals surface area (Å²) < 4.78 is 6.16. The fourth-order valence-corrected chi connectivity index (χ4v) is 4.67. The van der Waals surface area contributed by atoms with Gasteiger partial charge in [0.15, 0.2) is 0 Å². The molecule has 0 aliphatic heterocycles. The Morgan fingerprint density at radius 1 is 0.970 bits per heavy atom. The lowest BCUT2D eigenvalue weighted by Gasteiger charge is -2.10. The van der Waals surface area contributed by atoms with Crippen LogP contribution in [0.5, 0.6) is 0 Å². The Bertz CT molecular complexity index is 1380. The third-order valence-electron chi connectivity index (χ3n) is 5.65. The molecule has 0 fully saturated rings. The monoisotopic (exact) mass is 455 g/mol. The Morgan fingerprint density at radius 2 is 1.76 bits per heavy atom. The summed E-state index contributed by atoms with van der Waals surface area (Å²) in [5.74, 6) is 1.12. The molecule has 0 saturated heterocycles. The van der Waals surface area contributed by atoms with E-state index in [9.17, 15) is 10.0 Å². The van der Waals surface area contributed by atoms with E-state index < -0.39 is 7.12 Å². The Hall–Kier alpha value is -3.46. The number of anilines is 1. The van der Waals surface area contributed by atoms with Crippen molar-refractivity contribution < 1.29 is 14.6 Å². The Kier molecular flexibility index (Phi) is 5.96. The van der Waals surface area contributed by atoms with Crippen LogP contribution in [0.15, 0.2) is 83.4 Å². The molecule has 33 heavy (non-hydrogen) atoms. The van der Waals surface area contributed by atoms with Crippen molar-refractivity contribution >= 4 is 39.7 Å². The zero-order valence-corrected chi connectivity index (χ0v) is 18.8. The first-order valence-corrected chi connectivity index (χ1v) is 11.5. The molecular weight excluding hydrogens is 433 g/mol. The van der Waals surface area contributed by atoms with Gasteiger partial charge in [-0.15, -0.1) is 11.3 Å². The predicted octanol–water partition coefficient (Wildman–Crippen LogP) is 4.40. The Labute approximate surface area is 195 Å². The van der Waals surface area contributed by atoms with E-state index in [1.165, 1.54) is 22.1 Å². The largest absolute Gasteiger partial charge is 0.499 e. The van der Waals surface area contributed by atoms with Gasteiger partial charge in [0, 0.05) is 27.4 Å². The average molecular weight is 455 g/mol. The summed E-state index contributed by atoms with van der Waals surface area (Å²) in [5, 5.41) is 28.4. The number of rotatable bonds is 7. The van der Waals surface area contributed by atoms with Gasteiger partial charge in [-0.3, -0.25) is 0 Å². The number of thiophene rings is 1. The lowest BCUT2D eigenvalue weighted by Crippen LogP contribution is -2.26. The maximum Gasteiger partial charge on any atom is 0.499 e. The minimum absolute atomic E-state index is 0.0218. The first-order valence-electron chi connectivity index (χ1n) is 10.7. The van der Waals surface area contributed by atoms with Gasteiger partial charge in [-0.25, -0.2) is 0 Å². The van der Waals surface area contributed by atoms with Crippen molar-refractivity contribution in [1.29, 1.82) is 0 Å². The zero-order chi connectivity index (χ0) is 22.8. The average Bonchev–Trinajstić information content (AvgIpc) is 3.53. The number of fused-ring (bicyclic) bond motifs is 1. The number of hydrogen-bond acceptors (Lipinski definition) is 7. The minimum Gasteiger partial charge on any atom is -0.423 e. The maximum absolute atomic E-state index is 9.23. The summed E-state index contributed by atoms with van der Waals surface area (Å²) in [7, 11) is -1.42. The van der Waals surface area contributed by atoms with Crippen molar-refractivity contribution in [2.24, 2.45) is 0 Å². The fraction of sp³-hybridized carbons (Fsp3) is 0.120. The summed E-state index contributed by atoms with van der Waals surface area (Å²) in [4.78, 5) is 5.68. The van der Waals surface area contributed by atoms with Gasteiger partial charge in [0.25, 0.3) is 0 Å². The molecule has 8 heteroatoms. The summed E-state index contributed by atoms with van der Waals surface area (Å²) in [5.41, 5.74) is 2.99. The van der Waals surface area contributed by atoms with Gasteiger partial charge < -0.3 is 19.9 Å². The van der Waals surface area contributed by atoms with E-state index in [0.29, 0.717) is 23.0 Å². The highest BCUT2D eigenvalue weighted by Gasteiger charge is 2.19. The number of aromatic nitrogens is 2. The molecule has 0 aliphatic carbocycles. The molecule has 0 amide bonds. The fourth-order valence-electron chi connectivity index (χ4n) is 3.84. The van der Waals surface area contributed by atoms with Crippen LogP contribution in [0.25, 0.3) is 22.2 Å². The van der Waals surface area contributed by atoms with E-state index >= 15 is 0 Å². The standard InChI is InChI=1S/C25H22BN3O3S/c1-16(21-8-4-6-17-5-2-3-7-22(17)21)25-28-24(29-32-25)18-9-11-19(12-10-18)27-15-20-13-14-23(33-20)26(30)31/h2-14,16,27,30-31H,15H2,1H3. The molecule has 0 saturated carbocycles. The predicted molar refractivity (Wildman–Crippen MR) is 133 cm³/mol. The lowest BCUT2D eigenvalue weighted by atomic mass is 9.90. The number of nitrogens with zero attached hydrogens (tertiary/aromatic N) is 2. The van der Waals surface area contributed by atoms with Crippen molar-refractivity contribution in [1.82, 2.24) is 10.1 Å². The Morgan fingerprint density at radius 3 is 2.55 bits per heavy atom. The third-order valence-corrected chi connectivity index (χ3v) is 6.77. The van der Waals surface area contributed by atoms with E-state index in [4.69, 9.17) is 4.52 Å². The molecule has 5 rings (SSSR count). The van der Waals surface area contributed by atoms with E-state index in [0.717, 1.165) is 21.7 Å². The summed E-state index contributed by atoms with van der Waals surface area (Å²) >= 11 is 1.37. The minimum atomic E-state index is -1.42. The van der Waals surface area contributed by atoms with Crippen LogP contribution in [0.1, 0.15) is 29.2 Å². The zero-order valence-electron chi connectivity index (χ0n) is 18.0. The molecule has 2 aromatic heterocycles. The summed E-state index contributed by atoms with van der Waals surface area (Å²) in [6.45, 7) is 2.68. The van der Waals surface area contributed by atoms with Crippen molar-refractivity contribution in [2.45, 2.75) is 19.4 Å². The van der Waals surface area contributed by atoms with Crippen LogP contribution in [0, 0.1) is 0 Å². The molecule has 0 aliphatic rings. The number of benzene rings is 3. The first kappa shape index (κ1) is 21.4. The van der Waals surface area contributed by atoms with Crippen molar-refractivity contribution in [3.05, 3.63) is 95.2 Å². The van der Waals surface area contributed by atoms with E-state index in [2.05, 4.69) is 52.7 Å². The quantitative estimate of drug-likeness (QED) is 0.315. The van der Waals surface area contributed by atoms with E-state index in [1.54, 1.807) is 6.07 Å². The van der Waals surface area contributed by atoms with Gasteiger partial charge >= 0.3 is 7.12 Å². The molecule has 1 unspecified atom stereocenters. The Balaban J connectivity index is 1.29. The van der Waals surface area contributed by atoms with Crippen molar-refractivity contribution in [3.63, 3.8) is 0 Å². The maximum atomic E-state index is 9.23. The van der Waals surface area contributed by atoms with Gasteiger partial charge in [0.1, 0.15) is 0 Å². The summed E-state index contributed by atoms with van der Waals surface area (Å²) in [6, 6.07) is 26.0. The van der Waals surface area contributed by atoms with E-state index in [-0.39, 0.29) is 5.92 Å². The van der Waals surface area contributed by atoms with Crippen molar-refractivity contribution in [3.8, 4) is 11.4 Å². The molecule has 6 nitrogen and oxygen atoms in total. The number of nitrogens with one attached hydrogen (secondary N) is 1. The highest BCUT2D eigenvalue weighted by molar-refractivity contribution is 7.22. The van der Waals surface area contributed by atoms with Gasteiger partial charge in [0.05, 0.1) is 5.92 Å². The van der Waals surface area contributed by atoms with Crippen LogP contribution in [0.4, 0.5) is 5.69 Å². The lowest BCUT2D eigenvalue weighted by molar-refractivity contribution is 0.371. The van der Waals surface area contributed by atoms with Crippen LogP contribution in [0.3, 0.4) is 0 Å². The van der Waals surface area contributed by atoms with E-state index in [1.807, 2.05) is 42.5 Å². The van der Waals surface area contributed by atoms with Crippen LogP contribution in [-0.2, 0) is 6.54 Å². The molecular formula is C25H22BN3O3S. The second kappa shape index (κ2) is 9.19. The molecule has 3 aromatic carbocycles. The second-order valence-electron chi connectivity index (χ2n) is 7.85. The van der Waals surface area contributed by atoms with Crippen LogP contribution >= 0.6 is 11.3 Å². The molecule has 164 valence electrons. The second-order valence-corrected chi connectivity index (χ2v) is 9.05. The topological polar surface area (TPSA) is 91.4 Å². The molecule has 3 N–H and O–H groups in total. The van der Waals surface area contributed by atoms with Crippen LogP contribution in [-0.4, -0.2) is 27.3 Å². The van der Waals surface area contributed by atoms with Crippen LogP contribution < -0.4 is 10.1 Å². The molecule has 5 aromatic rings. The van der Waals surface area contributed by atoms with Gasteiger partial charge in [-0.1, -0.05) is 53.7 Å². The molecule has 0 radical (unpaired) electrons. The van der Waals surface area contributed by atoms with Crippen LogP contribution in [0.2, 0.25) is 0 Å². The molecule has 0 bridgehead atoms. The molecule has 2 heterocycles. The normalized spacial score (nSPS) is 12.1. The first-order chi connectivity index (χ1) is 16.1. The van der Waals surface area contributed by atoms with Crippen molar-refractivity contribution in [2.75, 3.05) is 5.32 Å². The van der Waals surface area contributed by atoms with Gasteiger partial charge in [0.2, 0.25) is 11.7 Å². The highest BCUT2D eigenvalue weighted by Crippen LogP contribution is 2.31. The third kappa shape index (κ3) is 4.54. The molecule has 1 atom stereocenters. The summed E-state index contributed by atoms with van der Waals surface area (Å²) in [6.07, 6.45) is 0. The number of hydrogen-bond donors (Lipinski definition) is 3. The molecule has 0 spiro atoms. The van der Waals surface area contributed by atoms with Gasteiger partial charge in [-0.05, 0) is 53.6 Å². The van der Waals surface area contributed by atoms with Gasteiger partial charge in [-0.2, -0.15) is 4.98 Å². The highest BCUT2D eigenvalue weighted by atomic mass is 32.1. The smallest absolute Gasteiger partial charge is 0.423 e. The SMILES string of the molecule is CC(c1nc(-c2ccc(NCc3ccc(B(O)O)s3)cc2)no1)c1cccc2ccccc12.